The summed E-state index contributed by atoms with van der Waals surface area (Å²) < 4.78 is 1.53. The molecule has 2 aromatic carbocycles. The van der Waals surface area contributed by atoms with Crippen LogP contribution in [0.4, 0.5) is 11.4 Å². The predicted molar refractivity (Wildman–Crippen MR) is 103 cm³/mol. The molecule has 0 amide bonds. The van der Waals surface area contributed by atoms with Crippen LogP contribution in [0.5, 0.6) is 0 Å². The highest BCUT2D eigenvalue weighted by molar-refractivity contribution is 6.35. The summed E-state index contributed by atoms with van der Waals surface area (Å²) >= 11 is 5.81. The van der Waals surface area contributed by atoms with Gasteiger partial charge < -0.3 is 0 Å². The van der Waals surface area contributed by atoms with E-state index in [0.717, 1.165) is 48.0 Å². The summed E-state index contributed by atoms with van der Waals surface area (Å²) in [5, 5.41) is 22.9. The van der Waals surface area contributed by atoms with Crippen molar-refractivity contribution < 1.29 is 14.6 Å². The van der Waals surface area contributed by atoms with Crippen molar-refractivity contribution in [2.45, 2.75) is 25.7 Å². The average Bonchev–Trinajstić information content (AvgIpc) is 3.01. The third-order valence-electron chi connectivity index (χ3n) is 5.06. The Hall–Kier alpha value is -3.26. The maximum absolute atomic E-state index is 13.3. The summed E-state index contributed by atoms with van der Waals surface area (Å²) in [5.41, 5.74) is 1.18. The molecule has 28 heavy (non-hydrogen) atoms. The smallest absolute Gasteiger partial charge is 0.280 e. The van der Waals surface area contributed by atoms with E-state index in [0.29, 0.717) is 11.9 Å². The first-order chi connectivity index (χ1) is 13.4. The summed E-state index contributed by atoms with van der Waals surface area (Å²) in [7, 11) is 0. The molecule has 0 N–H and O–H groups in total. The maximum atomic E-state index is 13.3. The van der Waals surface area contributed by atoms with Crippen LogP contribution in [0.15, 0.2) is 36.4 Å². The molecular formula is C19H14ClN3O5. The largest absolute Gasteiger partial charge is 0.295 e. The number of aryl methyl sites for hydroxylation is 1. The molecule has 8 nitrogen and oxygen atoms in total. The Kier molecular flexibility index (Phi) is 4.35. The van der Waals surface area contributed by atoms with Crippen LogP contribution in [-0.2, 0) is 12.8 Å². The van der Waals surface area contributed by atoms with Crippen molar-refractivity contribution in [3.05, 3.63) is 78.5 Å². The fourth-order valence-corrected chi connectivity index (χ4v) is 4.09. The van der Waals surface area contributed by atoms with E-state index >= 15 is 0 Å². The number of carbonyl (C=O) groups is 1. The van der Waals surface area contributed by atoms with Gasteiger partial charge in [0.25, 0.3) is 17.3 Å². The van der Waals surface area contributed by atoms with Gasteiger partial charge in [-0.05, 0) is 37.3 Å². The number of halogens is 1. The summed E-state index contributed by atoms with van der Waals surface area (Å²) in [6.07, 6.45) is 3.50. The average molecular weight is 400 g/mol. The highest BCUT2D eigenvalue weighted by Crippen LogP contribution is 2.37. The molecule has 1 aromatic heterocycles. The number of nitro benzene ring substituents is 2. The number of rotatable bonds is 3. The van der Waals surface area contributed by atoms with Crippen LogP contribution in [0.2, 0.25) is 5.02 Å². The van der Waals surface area contributed by atoms with Gasteiger partial charge in [0.15, 0.2) is 5.02 Å². The van der Waals surface area contributed by atoms with Gasteiger partial charge in [-0.25, -0.2) is 0 Å². The zero-order chi connectivity index (χ0) is 20.0. The number of carbonyl (C=O) groups excluding carboxylic acids is 1. The molecule has 9 heteroatoms. The molecule has 4 rings (SSSR count). The lowest BCUT2D eigenvalue weighted by Crippen LogP contribution is -2.17. The SMILES string of the molecule is O=C(c1cc([N+](=O)[O-])c(Cl)c([N+](=O)[O-])c1)n1c2c(c3ccccc31)CCCC2. The number of hydrogen-bond donors (Lipinski definition) is 0. The number of fused-ring (bicyclic) bond motifs is 3. The van der Waals surface area contributed by atoms with Gasteiger partial charge in [-0.1, -0.05) is 29.8 Å². The molecule has 3 aromatic rings. The summed E-state index contributed by atoms with van der Waals surface area (Å²) in [5.74, 6) is -0.540. The van der Waals surface area contributed by atoms with Crippen LogP contribution in [-0.4, -0.2) is 20.3 Å². The number of aromatic nitrogens is 1. The van der Waals surface area contributed by atoms with Gasteiger partial charge in [-0.15, -0.1) is 0 Å². The Morgan fingerprint density at radius 1 is 1.00 bits per heavy atom. The monoisotopic (exact) mass is 399 g/mol. The van der Waals surface area contributed by atoms with Gasteiger partial charge >= 0.3 is 0 Å². The van der Waals surface area contributed by atoms with Crippen molar-refractivity contribution in [3.8, 4) is 0 Å². The molecule has 0 fully saturated rings. The fraction of sp³-hybridized carbons (Fsp3) is 0.211. The molecule has 0 bridgehead atoms. The highest BCUT2D eigenvalue weighted by atomic mass is 35.5. The van der Waals surface area contributed by atoms with Crippen molar-refractivity contribution in [2.75, 3.05) is 0 Å². The van der Waals surface area contributed by atoms with Crippen molar-refractivity contribution in [1.82, 2.24) is 4.57 Å². The normalized spacial score (nSPS) is 13.3. The molecule has 0 unspecified atom stereocenters. The molecule has 0 saturated heterocycles. The zero-order valence-corrected chi connectivity index (χ0v) is 15.3. The predicted octanol–water partition coefficient (Wildman–Crippen LogP) is 4.68. The first-order valence-corrected chi connectivity index (χ1v) is 9.06. The van der Waals surface area contributed by atoms with Crippen LogP contribution in [0.25, 0.3) is 10.9 Å². The van der Waals surface area contributed by atoms with Gasteiger partial charge in [0.05, 0.1) is 20.9 Å². The maximum Gasteiger partial charge on any atom is 0.295 e. The van der Waals surface area contributed by atoms with E-state index in [-0.39, 0.29) is 5.56 Å². The second kappa shape index (κ2) is 6.72. The first-order valence-electron chi connectivity index (χ1n) is 8.68. The fourth-order valence-electron chi connectivity index (χ4n) is 3.84. The molecule has 1 aliphatic carbocycles. The van der Waals surface area contributed by atoms with Gasteiger partial charge in [0.2, 0.25) is 0 Å². The second-order valence-electron chi connectivity index (χ2n) is 6.63. The molecule has 0 atom stereocenters. The van der Waals surface area contributed by atoms with E-state index in [1.54, 1.807) is 0 Å². The Labute approximate surface area is 163 Å². The van der Waals surface area contributed by atoms with Crippen molar-refractivity contribution in [3.63, 3.8) is 0 Å². The molecule has 1 heterocycles. The van der Waals surface area contributed by atoms with Gasteiger partial charge in [-0.2, -0.15) is 0 Å². The Bertz CT molecular complexity index is 1130. The zero-order valence-electron chi connectivity index (χ0n) is 14.6. The van der Waals surface area contributed by atoms with E-state index in [4.69, 9.17) is 11.6 Å². The van der Waals surface area contributed by atoms with Crippen LogP contribution < -0.4 is 0 Å². The van der Waals surface area contributed by atoms with Crippen LogP contribution in [0, 0.1) is 20.2 Å². The second-order valence-corrected chi connectivity index (χ2v) is 7.01. The van der Waals surface area contributed by atoms with E-state index in [1.807, 2.05) is 24.3 Å². The van der Waals surface area contributed by atoms with E-state index in [9.17, 15) is 25.0 Å². The Morgan fingerprint density at radius 3 is 2.25 bits per heavy atom. The van der Waals surface area contributed by atoms with Crippen molar-refractivity contribution >= 4 is 39.8 Å². The third-order valence-corrected chi connectivity index (χ3v) is 5.44. The van der Waals surface area contributed by atoms with Crippen molar-refractivity contribution in [2.24, 2.45) is 0 Å². The number of nitro groups is 2. The quantitative estimate of drug-likeness (QED) is 0.469. The number of nitrogens with zero attached hydrogens (tertiary/aromatic N) is 3. The molecule has 0 saturated carbocycles. The molecule has 0 radical (unpaired) electrons. The first kappa shape index (κ1) is 18.1. The third kappa shape index (κ3) is 2.73. The van der Waals surface area contributed by atoms with Crippen LogP contribution in [0.3, 0.4) is 0 Å². The van der Waals surface area contributed by atoms with Gasteiger partial charge in [-0.3, -0.25) is 29.6 Å². The minimum Gasteiger partial charge on any atom is -0.280 e. The standard InChI is InChI=1S/C19H14ClN3O5/c20-18-16(22(25)26)9-11(10-17(18)23(27)28)19(24)21-14-7-3-1-5-12(14)13-6-2-4-8-15(13)21/h1,3,5,7,9-10H,2,4,6,8H2. The Morgan fingerprint density at radius 2 is 1.61 bits per heavy atom. The number of para-hydroxylation sites is 1. The van der Waals surface area contributed by atoms with Gasteiger partial charge in [0.1, 0.15) is 0 Å². The van der Waals surface area contributed by atoms with Crippen LogP contribution >= 0.6 is 11.6 Å². The van der Waals surface area contributed by atoms with E-state index in [1.165, 1.54) is 4.57 Å². The van der Waals surface area contributed by atoms with Gasteiger partial charge in [0, 0.05) is 23.2 Å². The number of hydrogen-bond acceptors (Lipinski definition) is 5. The molecule has 0 spiro atoms. The number of benzene rings is 2. The minimum absolute atomic E-state index is 0.142. The van der Waals surface area contributed by atoms with E-state index < -0.39 is 32.2 Å². The van der Waals surface area contributed by atoms with E-state index in [2.05, 4.69) is 0 Å². The van der Waals surface area contributed by atoms with Crippen LogP contribution in [0.1, 0.15) is 34.5 Å². The lowest BCUT2D eigenvalue weighted by atomic mass is 9.95. The lowest BCUT2D eigenvalue weighted by molar-refractivity contribution is -0.393. The molecule has 0 aliphatic heterocycles. The summed E-state index contributed by atoms with van der Waals surface area (Å²) in [6.45, 7) is 0. The molecule has 1 aliphatic rings. The highest BCUT2D eigenvalue weighted by Gasteiger charge is 2.30. The Balaban J connectivity index is 1.97. The summed E-state index contributed by atoms with van der Waals surface area (Å²) in [6, 6.07) is 9.46. The topological polar surface area (TPSA) is 108 Å². The lowest BCUT2D eigenvalue weighted by Gasteiger charge is -2.15. The summed E-state index contributed by atoms with van der Waals surface area (Å²) in [4.78, 5) is 34.2. The minimum atomic E-state index is -0.824. The molecular weight excluding hydrogens is 386 g/mol. The molecule has 142 valence electrons. The van der Waals surface area contributed by atoms with Crippen molar-refractivity contribution in [1.29, 1.82) is 0 Å².